The van der Waals surface area contributed by atoms with Gasteiger partial charge in [-0.3, -0.25) is 15.6 Å². The number of thiocarbonyl (C=S) groups is 1. The van der Waals surface area contributed by atoms with Crippen LogP contribution in [0, 0.1) is 5.92 Å². The van der Waals surface area contributed by atoms with Crippen LogP contribution in [0.3, 0.4) is 0 Å². The Kier molecular flexibility index (Phi) is 7.66. The first-order chi connectivity index (χ1) is 12.8. The van der Waals surface area contributed by atoms with Gasteiger partial charge in [-0.25, -0.2) is 8.42 Å². The Morgan fingerprint density at radius 3 is 2.59 bits per heavy atom. The van der Waals surface area contributed by atoms with E-state index in [1.54, 1.807) is 14.2 Å². The zero-order valence-corrected chi connectivity index (χ0v) is 17.0. The van der Waals surface area contributed by atoms with E-state index in [1.165, 1.54) is 0 Å². The molecule has 150 valence electrons. The summed E-state index contributed by atoms with van der Waals surface area (Å²) in [7, 11) is 0.197. The topological polar surface area (TPSA) is 106 Å². The third-order valence-corrected chi connectivity index (χ3v) is 6.35. The van der Waals surface area contributed by atoms with Crippen molar-refractivity contribution in [3.63, 3.8) is 0 Å². The summed E-state index contributed by atoms with van der Waals surface area (Å²) >= 11 is 5.12. The molecule has 0 bridgehead atoms. The van der Waals surface area contributed by atoms with Gasteiger partial charge in [0.1, 0.15) is 0 Å². The van der Waals surface area contributed by atoms with Crippen LogP contribution in [-0.2, 0) is 21.1 Å². The molecular formula is C17H25N3O5S2. The predicted octanol–water partition coefficient (Wildman–Crippen LogP) is 0.566. The van der Waals surface area contributed by atoms with Gasteiger partial charge in [-0.15, -0.1) is 0 Å². The van der Waals surface area contributed by atoms with Crippen LogP contribution in [0.4, 0.5) is 0 Å². The van der Waals surface area contributed by atoms with Crippen LogP contribution in [0.2, 0.25) is 0 Å². The molecule has 1 aliphatic heterocycles. The van der Waals surface area contributed by atoms with E-state index >= 15 is 0 Å². The second kappa shape index (κ2) is 9.75. The molecule has 0 radical (unpaired) electrons. The number of benzene rings is 1. The minimum atomic E-state index is -2.98. The molecule has 1 saturated heterocycles. The van der Waals surface area contributed by atoms with E-state index in [0.717, 1.165) is 5.56 Å². The highest BCUT2D eigenvalue weighted by molar-refractivity contribution is 7.91. The molecule has 10 heteroatoms. The summed E-state index contributed by atoms with van der Waals surface area (Å²) in [6, 6.07) is 5.68. The first-order valence-electron chi connectivity index (χ1n) is 8.57. The molecule has 1 aliphatic rings. The van der Waals surface area contributed by atoms with Gasteiger partial charge >= 0.3 is 0 Å². The SMILES string of the molecule is COc1ccc(CCNC(=S)NNC(=O)C[C@H]2CCS(=O)(=O)C2)cc1OC. The molecule has 0 unspecified atom stereocenters. The van der Waals surface area contributed by atoms with E-state index in [-0.39, 0.29) is 29.8 Å². The molecule has 27 heavy (non-hydrogen) atoms. The fourth-order valence-electron chi connectivity index (χ4n) is 2.87. The van der Waals surface area contributed by atoms with Gasteiger partial charge in [-0.05, 0) is 48.7 Å². The first kappa shape index (κ1) is 21.2. The van der Waals surface area contributed by atoms with Crippen LogP contribution in [0.15, 0.2) is 18.2 Å². The lowest BCUT2D eigenvalue weighted by molar-refractivity contribution is -0.122. The summed E-state index contributed by atoms with van der Waals surface area (Å²) in [4.78, 5) is 11.9. The van der Waals surface area contributed by atoms with Crippen molar-refractivity contribution >= 4 is 33.1 Å². The highest BCUT2D eigenvalue weighted by atomic mass is 32.2. The van der Waals surface area contributed by atoms with E-state index in [2.05, 4.69) is 16.2 Å². The van der Waals surface area contributed by atoms with Gasteiger partial charge in [0.2, 0.25) is 5.91 Å². The second-order valence-corrected chi connectivity index (χ2v) is 8.98. The predicted molar refractivity (Wildman–Crippen MR) is 107 cm³/mol. The quantitative estimate of drug-likeness (QED) is 0.438. The van der Waals surface area contributed by atoms with Crippen molar-refractivity contribution in [3.05, 3.63) is 23.8 Å². The molecule has 1 fully saturated rings. The molecule has 1 aromatic rings. The molecule has 1 amide bonds. The molecule has 3 N–H and O–H groups in total. The fraction of sp³-hybridized carbons (Fsp3) is 0.529. The Labute approximate surface area is 164 Å². The van der Waals surface area contributed by atoms with E-state index in [4.69, 9.17) is 21.7 Å². The number of sulfone groups is 1. The number of methoxy groups -OCH3 is 2. The number of amides is 1. The maximum atomic E-state index is 11.9. The van der Waals surface area contributed by atoms with Gasteiger partial charge in [-0.1, -0.05) is 6.07 Å². The maximum absolute atomic E-state index is 11.9. The summed E-state index contributed by atoms with van der Waals surface area (Å²) in [5.41, 5.74) is 6.18. The molecule has 8 nitrogen and oxygen atoms in total. The largest absolute Gasteiger partial charge is 0.493 e. The zero-order valence-electron chi connectivity index (χ0n) is 15.4. The number of hydrazine groups is 1. The van der Waals surface area contributed by atoms with Gasteiger partial charge in [0.25, 0.3) is 0 Å². The monoisotopic (exact) mass is 415 g/mol. The number of rotatable bonds is 7. The number of carbonyl (C=O) groups excluding carboxylic acids is 1. The van der Waals surface area contributed by atoms with Crippen LogP contribution in [0.25, 0.3) is 0 Å². The second-order valence-electron chi connectivity index (χ2n) is 6.34. The summed E-state index contributed by atoms with van der Waals surface area (Å²) in [5, 5.41) is 3.29. The van der Waals surface area contributed by atoms with Crippen LogP contribution in [0.5, 0.6) is 11.5 Å². The number of ether oxygens (including phenoxy) is 2. The minimum Gasteiger partial charge on any atom is -0.493 e. The van der Waals surface area contributed by atoms with E-state index < -0.39 is 9.84 Å². The average Bonchev–Trinajstić information content (AvgIpc) is 2.98. The summed E-state index contributed by atoms with van der Waals surface area (Å²) in [6.45, 7) is 0.568. The maximum Gasteiger partial charge on any atom is 0.238 e. The molecule has 0 aliphatic carbocycles. The Balaban J connectivity index is 1.67. The summed E-state index contributed by atoms with van der Waals surface area (Å²) in [6.07, 6.45) is 1.40. The highest BCUT2D eigenvalue weighted by Crippen LogP contribution is 2.27. The normalized spacial score (nSPS) is 17.8. The summed E-state index contributed by atoms with van der Waals surface area (Å²) < 4.78 is 33.3. The van der Waals surface area contributed by atoms with Gasteiger partial charge < -0.3 is 14.8 Å². The van der Waals surface area contributed by atoms with Crippen molar-refractivity contribution < 1.29 is 22.7 Å². The van der Waals surface area contributed by atoms with Gasteiger partial charge in [0.15, 0.2) is 26.4 Å². The third-order valence-electron chi connectivity index (χ3n) is 4.26. The van der Waals surface area contributed by atoms with Crippen molar-refractivity contribution in [3.8, 4) is 11.5 Å². The fourth-order valence-corrected chi connectivity index (χ4v) is 4.89. The smallest absolute Gasteiger partial charge is 0.238 e. The Morgan fingerprint density at radius 1 is 1.22 bits per heavy atom. The average molecular weight is 416 g/mol. The van der Waals surface area contributed by atoms with E-state index in [0.29, 0.717) is 36.0 Å². The zero-order chi connectivity index (χ0) is 19.9. The highest BCUT2D eigenvalue weighted by Gasteiger charge is 2.29. The lowest BCUT2D eigenvalue weighted by atomic mass is 10.1. The Hall–Kier alpha value is -2.07. The molecule has 1 heterocycles. The van der Waals surface area contributed by atoms with Crippen molar-refractivity contribution in [1.29, 1.82) is 0 Å². The Bertz CT molecular complexity index is 783. The van der Waals surface area contributed by atoms with E-state index in [9.17, 15) is 13.2 Å². The number of hydrogen-bond acceptors (Lipinski definition) is 6. The summed E-state index contributed by atoms with van der Waals surface area (Å²) in [5.74, 6) is 1.17. The minimum absolute atomic E-state index is 0.0778. The van der Waals surface area contributed by atoms with E-state index in [1.807, 2.05) is 18.2 Å². The molecule has 1 atom stereocenters. The third kappa shape index (κ3) is 6.87. The van der Waals surface area contributed by atoms with Crippen molar-refractivity contribution in [1.82, 2.24) is 16.2 Å². The first-order valence-corrected chi connectivity index (χ1v) is 10.8. The number of hydrogen-bond donors (Lipinski definition) is 3. The van der Waals surface area contributed by atoms with Crippen molar-refractivity contribution in [2.75, 3.05) is 32.3 Å². The molecule has 1 aromatic carbocycles. The lowest BCUT2D eigenvalue weighted by Gasteiger charge is -2.13. The van der Waals surface area contributed by atoms with Gasteiger partial charge in [0.05, 0.1) is 25.7 Å². The number of nitrogens with one attached hydrogen (secondary N) is 3. The molecule has 0 spiro atoms. The molecule has 0 aromatic heterocycles. The van der Waals surface area contributed by atoms with Gasteiger partial charge in [0, 0.05) is 13.0 Å². The lowest BCUT2D eigenvalue weighted by Crippen LogP contribution is -2.47. The van der Waals surface area contributed by atoms with Crippen molar-refractivity contribution in [2.45, 2.75) is 19.3 Å². The number of carbonyl (C=O) groups is 1. The standard InChI is InChI=1S/C17H25N3O5S2/c1-24-14-4-3-12(9-15(14)25-2)5-7-18-17(26)20-19-16(21)10-13-6-8-27(22,23)11-13/h3-4,9,13H,5-8,10-11H2,1-2H3,(H,19,21)(H2,18,20,26)/t13-/m1/s1. The van der Waals surface area contributed by atoms with Crippen LogP contribution in [0.1, 0.15) is 18.4 Å². The van der Waals surface area contributed by atoms with Gasteiger partial charge in [-0.2, -0.15) is 0 Å². The van der Waals surface area contributed by atoms with Crippen LogP contribution < -0.4 is 25.6 Å². The molecule has 2 rings (SSSR count). The molecular weight excluding hydrogens is 390 g/mol. The van der Waals surface area contributed by atoms with Crippen LogP contribution in [-0.4, -0.2) is 51.7 Å². The van der Waals surface area contributed by atoms with Crippen molar-refractivity contribution in [2.24, 2.45) is 5.92 Å². The van der Waals surface area contributed by atoms with Crippen LogP contribution >= 0.6 is 12.2 Å². The molecule has 0 saturated carbocycles. The Morgan fingerprint density at radius 2 is 1.96 bits per heavy atom.